The number of hydrogen-bond acceptors (Lipinski definition) is 4. The van der Waals surface area contributed by atoms with Crippen LogP contribution < -0.4 is 4.72 Å². The summed E-state index contributed by atoms with van der Waals surface area (Å²) in [5.74, 6) is 0.434. The van der Waals surface area contributed by atoms with Crippen LogP contribution in [0.25, 0.3) is 0 Å². The molecule has 6 heteroatoms. The maximum Gasteiger partial charge on any atom is 0.250 e. The minimum Gasteiger partial charge on any atom is -0.306 e. The van der Waals surface area contributed by atoms with Crippen molar-refractivity contribution >= 4 is 21.4 Å². The highest BCUT2D eigenvalue weighted by Crippen LogP contribution is 2.18. The van der Waals surface area contributed by atoms with Crippen LogP contribution in [0.15, 0.2) is 21.7 Å². The Balaban J connectivity index is 1.89. The molecule has 1 fully saturated rings. The molecule has 0 aromatic carbocycles. The third kappa shape index (κ3) is 3.51. The van der Waals surface area contributed by atoms with Crippen LogP contribution >= 0.6 is 11.3 Å². The van der Waals surface area contributed by atoms with Crippen LogP contribution in [0.4, 0.5) is 0 Å². The second-order valence-corrected chi connectivity index (χ2v) is 7.50. The average molecular weight is 274 g/mol. The quantitative estimate of drug-likeness (QED) is 0.902. The Hall–Kier alpha value is -0.430. The van der Waals surface area contributed by atoms with Crippen LogP contribution in [0.1, 0.15) is 12.8 Å². The summed E-state index contributed by atoms with van der Waals surface area (Å²) >= 11 is 1.26. The van der Waals surface area contributed by atoms with E-state index in [0.717, 1.165) is 25.9 Å². The molecule has 1 aliphatic rings. The summed E-state index contributed by atoms with van der Waals surface area (Å²) in [6, 6.07) is 3.40. The molecule has 1 aliphatic heterocycles. The summed E-state index contributed by atoms with van der Waals surface area (Å²) in [4.78, 5) is 2.26. The highest BCUT2D eigenvalue weighted by atomic mass is 32.2. The van der Waals surface area contributed by atoms with E-state index in [-0.39, 0.29) is 0 Å². The van der Waals surface area contributed by atoms with Crippen molar-refractivity contribution < 1.29 is 8.42 Å². The molecule has 0 bridgehead atoms. The van der Waals surface area contributed by atoms with Gasteiger partial charge in [0.05, 0.1) is 0 Å². The zero-order chi connectivity index (χ0) is 12.3. The molecule has 96 valence electrons. The zero-order valence-corrected chi connectivity index (χ0v) is 11.6. The van der Waals surface area contributed by atoms with Crippen molar-refractivity contribution in [1.82, 2.24) is 9.62 Å². The van der Waals surface area contributed by atoms with Gasteiger partial charge in [-0.25, -0.2) is 13.1 Å². The SMILES string of the molecule is CN1CCCC(CNS(=O)(=O)c2cccs2)C1. The number of piperidine rings is 1. The largest absolute Gasteiger partial charge is 0.306 e. The predicted molar refractivity (Wildman–Crippen MR) is 69.7 cm³/mol. The van der Waals surface area contributed by atoms with Gasteiger partial charge in [0.15, 0.2) is 0 Å². The fourth-order valence-corrected chi connectivity index (χ4v) is 4.31. The molecule has 0 amide bonds. The molecule has 4 nitrogen and oxygen atoms in total. The second-order valence-electron chi connectivity index (χ2n) is 4.55. The van der Waals surface area contributed by atoms with Gasteiger partial charge in [-0.15, -0.1) is 11.3 Å². The van der Waals surface area contributed by atoms with Gasteiger partial charge in [-0.05, 0) is 43.8 Å². The van der Waals surface area contributed by atoms with Gasteiger partial charge in [-0.1, -0.05) is 6.07 Å². The first-order valence-corrected chi connectivity index (χ1v) is 8.16. The van der Waals surface area contributed by atoms with E-state index in [4.69, 9.17) is 0 Å². The molecular formula is C11H18N2O2S2. The van der Waals surface area contributed by atoms with Crippen molar-refractivity contribution in [2.75, 3.05) is 26.7 Å². The van der Waals surface area contributed by atoms with Gasteiger partial charge in [-0.3, -0.25) is 0 Å². The van der Waals surface area contributed by atoms with Crippen molar-refractivity contribution in [2.45, 2.75) is 17.1 Å². The van der Waals surface area contributed by atoms with E-state index in [1.807, 2.05) is 0 Å². The second kappa shape index (κ2) is 5.48. The third-order valence-corrected chi connectivity index (χ3v) is 5.87. The van der Waals surface area contributed by atoms with Gasteiger partial charge >= 0.3 is 0 Å². The lowest BCUT2D eigenvalue weighted by molar-refractivity contribution is 0.211. The van der Waals surface area contributed by atoms with E-state index in [0.29, 0.717) is 16.7 Å². The van der Waals surface area contributed by atoms with Crippen molar-refractivity contribution in [3.05, 3.63) is 17.5 Å². The fourth-order valence-electron chi connectivity index (χ4n) is 2.15. The molecule has 17 heavy (non-hydrogen) atoms. The van der Waals surface area contributed by atoms with E-state index in [1.165, 1.54) is 11.3 Å². The molecule has 1 N–H and O–H groups in total. The van der Waals surface area contributed by atoms with E-state index >= 15 is 0 Å². The molecule has 1 aromatic heterocycles. The molecule has 0 radical (unpaired) electrons. The monoisotopic (exact) mass is 274 g/mol. The van der Waals surface area contributed by atoms with Crippen LogP contribution in [-0.4, -0.2) is 40.0 Å². The molecule has 2 rings (SSSR count). The molecular weight excluding hydrogens is 256 g/mol. The Labute approximate surface area is 107 Å². The third-order valence-electron chi connectivity index (χ3n) is 3.04. The first kappa shape index (κ1) is 13.0. The molecule has 0 spiro atoms. The molecule has 0 aliphatic carbocycles. The van der Waals surface area contributed by atoms with Crippen LogP contribution in [0.2, 0.25) is 0 Å². The first-order chi connectivity index (χ1) is 8.08. The summed E-state index contributed by atoms with van der Waals surface area (Å²) in [6.45, 7) is 2.64. The number of nitrogens with one attached hydrogen (secondary N) is 1. The summed E-state index contributed by atoms with van der Waals surface area (Å²) in [6.07, 6.45) is 2.26. The predicted octanol–water partition coefficient (Wildman–Crippen LogP) is 1.37. The molecule has 0 saturated carbocycles. The Morgan fingerprint density at radius 1 is 1.59 bits per heavy atom. The van der Waals surface area contributed by atoms with Gasteiger partial charge < -0.3 is 4.90 Å². The van der Waals surface area contributed by atoms with E-state index in [9.17, 15) is 8.42 Å². The summed E-state index contributed by atoms with van der Waals surface area (Å²) < 4.78 is 26.9. The Bertz CT molecular complexity index is 442. The fraction of sp³-hybridized carbons (Fsp3) is 0.636. The molecule has 1 atom stereocenters. The topological polar surface area (TPSA) is 49.4 Å². The Kier molecular flexibility index (Phi) is 4.19. The number of rotatable bonds is 4. The minimum atomic E-state index is -3.28. The van der Waals surface area contributed by atoms with Crippen LogP contribution in [-0.2, 0) is 10.0 Å². The summed E-state index contributed by atoms with van der Waals surface area (Å²) in [5.41, 5.74) is 0. The normalized spacial score (nSPS) is 22.8. The van der Waals surface area contributed by atoms with Crippen LogP contribution in [0.3, 0.4) is 0 Å². The lowest BCUT2D eigenvalue weighted by Gasteiger charge is -2.29. The van der Waals surface area contributed by atoms with E-state index in [1.54, 1.807) is 17.5 Å². The van der Waals surface area contributed by atoms with E-state index < -0.39 is 10.0 Å². The zero-order valence-electron chi connectivity index (χ0n) is 9.93. The van der Waals surface area contributed by atoms with Gasteiger partial charge in [0.1, 0.15) is 4.21 Å². The number of hydrogen-bond donors (Lipinski definition) is 1. The number of likely N-dealkylation sites (tertiary alicyclic amines) is 1. The highest BCUT2D eigenvalue weighted by molar-refractivity contribution is 7.91. The number of sulfonamides is 1. The molecule has 1 aromatic rings. The van der Waals surface area contributed by atoms with Crippen molar-refractivity contribution in [2.24, 2.45) is 5.92 Å². The maximum absolute atomic E-state index is 11.9. The van der Waals surface area contributed by atoms with Gasteiger partial charge in [-0.2, -0.15) is 0 Å². The smallest absolute Gasteiger partial charge is 0.250 e. The number of thiophene rings is 1. The summed E-state index contributed by atoms with van der Waals surface area (Å²) in [5, 5.41) is 1.78. The van der Waals surface area contributed by atoms with Gasteiger partial charge in [0.2, 0.25) is 10.0 Å². The van der Waals surface area contributed by atoms with Crippen LogP contribution in [0, 0.1) is 5.92 Å². The molecule has 1 unspecified atom stereocenters. The van der Waals surface area contributed by atoms with Crippen molar-refractivity contribution in [1.29, 1.82) is 0 Å². The van der Waals surface area contributed by atoms with Crippen molar-refractivity contribution in [3.63, 3.8) is 0 Å². The minimum absolute atomic E-state index is 0.404. The standard InChI is InChI=1S/C11H18N2O2S2/c1-13-6-2-4-10(9-13)8-12-17(14,15)11-5-3-7-16-11/h3,5,7,10,12H,2,4,6,8-9H2,1H3. The Morgan fingerprint density at radius 3 is 3.06 bits per heavy atom. The highest BCUT2D eigenvalue weighted by Gasteiger charge is 2.21. The van der Waals surface area contributed by atoms with Crippen molar-refractivity contribution in [3.8, 4) is 0 Å². The Morgan fingerprint density at radius 2 is 2.41 bits per heavy atom. The average Bonchev–Trinajstić information content (AvgIpc) is 2.81. The van der Waals surface area contributed by atoms with Gasteiger partial charge in [0.25, 0.3) is 0 Å². The lowest BCUT2D eigenvalue weighted by atomic mass is 9.99. The molecule has 1 saturated heterocycles. The van der Waals surface area contributed by atoms with E-state index in [2.05, 4.69) is 16.7 Å². The maximum atomic E-state index is 11.9. The van der Waals surface area contributed by atoms with Crippen LogP contribution in [0.5, 0.6) is 0 Å². The molecule has 2 heterocycles. The summed E-state index contributed by atoms with van der Waals surface area (Å²) in [7, 11) is -1.20. The lowest BCUT2D eigenvalue weighted by Crippen LogP contribution is -2.38. The number of nitrogens with zero attached hydrogens (tertiary/aromatic N) is 1. The first-order valence-electron chi connectivity index (χ1n) is 5.79. The van der Waals surface area contributed by atoms with Gasteiger partial charge in [0, 0.05) is 13.1 Å².